The highest BCUT2D eigenvalue weighted by atomic mass is 19.1. The second kappa shape index (κ2) is 5.41. The Morgan fingerprint density at radius 2 is 1.59 bits per heavy atom. The number of benzene rings is 2. The van der Waals surface area contributed by atoms with Crippen LogP contribution in [0.4, 0.5) is 4.39 Å². The van der Waals surface area contributed by atoms with Gasteiger partial charge in [0.15, 0.2) is 0 Å². The topological polar surface area (TPSA) is 20.2 Å². The van der Waals surface area contributed by atoms with Gasteiger partial charge in [-0.2, -0.15) is 0 Å². The van der Waals surface area contributed by atoms with Crippen molar-refractivity contribution in [2.75, 3.05) is 0 Å². The van der Waals surface area contributed by atoms with Gasteiger partial charge in [-0.25, -0.2) is 4.39 Å². The van der Waals surface area contributed by atoms with E-state index in [2.05, 4.69) is 0 Å². The second-order valence-electron chi connectivity index (χ2n) is 3.77. The van der Waals surface area contributed by atoms with E-state index in [0.29, 0.717) is 5.56 Å². The fourth-order valence-corrected chi connectivity index (χ4v) is 1.54. The molecule has 0 fully saturated rings. The predicted molar refractivity (Wildman–Crippen MR) is 66.8 cm³/mol. The Labute approximate surface area is 99.9 Å². The molecule has 0 saturated heterocycles. The molecule has 2 heteroatoms. The first-order chi connectivity index (χ1) is 8.25. The van der Waals surface area contributed by atoms with Crippen molar-refractivity contribution < 1.29 is 9.50 Å². The van der Waals surface area contributed by atoms with Gasteiger partial charge in [0.2, 0.25) is 0 Å². The molecule has 1 N–H and O–H groups in total. The van der Waals surface area contributed by atoms with Crippen LogP contribution in [0, 0.1) is 5.82 Å². The molecule has 86 valence electrons. The van der Waals surface area contributed by atoms with E-state index in [1.165, 1.54) is 12.1 Å². The van der Waals surface area contributed by atoms with Gasteiger partial charge in [-0.3, -0.25) is 0 Å². The SMILES string of the molecule is O[C@H](/C=C/c1ccccc1)c1ccc(F)cc1. The molecule has 0 radical (unpaired) electrons. The fraction of sp³-hybridized carbons (Fsp3) is 0.0667. The largest absolute Gasteiger partial charge is 0.384 e. The van der Waals surface area contributed by atoms with Crippen LogP contribution in [0.25, 0.3) is 6.08 Å². The number of hydrogen-bond donors (Lipinski definition) is 1. The lowest BCUT2D eigenvalue weighted by molar-refractivity contribution is 0.229. The predicted octanol–water partition coefficient (Wildman–Crippen LogP) is 3.57. The first-order valence-electron chi connectivity index (χ1n) is 5.42. The molecule has 0 aliphatic carbocycles. The summed E-state index contributed by atoms with van der Waals surface area (Å²) >= 11 is 0. The standard InChI is InChI=1S/C15H13FO/c16-14-9-7-13(8-10-14)15(17)11-6-12-4-2-1-3-5-12/h1-11,15,17H/b11-6+/t15-/m1/s1. The average molecular weight is 228 g/mol. The molecular weight excluding hydrogens is 215 g/mol. The molecule has 0 saturated carbocycles. The molecule has 0 aliphatic rings. The van der Waals surface area contributed by atoms with E-state index in [0.717, 1.165) is 5.56 Å². The molecule has 0 aromatic heterocycles. The van der Waals surface area contributed by atoms with Crippen molar-refractivity contribution in [3.05, 3.63) is 77.6 Å². The highest BCUT2D eigenvalue weighted by molar-refractivity contribution is 5.50. The van der Waals surface area contributed by atoms with Crippen LogP contribution in [0.1, 0.15) is 17.2 Å². The molecule has 0 amide bonds. The van der Waals surface area contributed by atoms with Crippen LogP contribution in [-0.4, -0.2) is 5.11 Å². The molecule has 1 nitrogen and oxygen atoms in total. The van der Waals surface area contributed by atoms with Crippen LogP contribution in [0.3, 0.4) is 0 Å². The summed E-state index contributed by atoms with van der Waals surface area (Å²) in [5.41, 5.74) is 1.70. The third-order valence-corrected chi connectivity index (χ3v) is 2.48. The molecule has 0 heterocycles. The highest BCUT2D eigenvalue weighted by Crippen LogP contribution is 2.16. The number of hydrogen-bond acceptors (Lipinski definition) is 1. The maximum Gasteiger partial charge on any atom is 0.123 e. The molecule has 2 rings (SSSR count). The minimum atomic E-state index is -0.712. The van der Waals surface area contributed by atoms with Crippen LogP contribution in [-0.2, 0) is 0 Å². The first-order valence-corrected chi connectivity index (χ1v) is 5.42. The van der Waals surface area contributed by atoms with Crippen molar-refractivity contribution in [3.63, 3.8) is 0 Å². The van der Waals surface area contributed by atoms with Gasteiger partial charge in [-0.15, -0.1) is 0 Å². The Kier molecular flexibility index (Phi) is 3.68. The lowest BCUT2D eigenvalue weighted by Crippen LogP contribution is -1.92. The van der Waals surface area contributed by atoms with Gasteiger partial charge in [-0.1, -0.05) is 54.6 Å². The minimum absolute atomic E-state index is 0.298. The summed E-state index contributed by atoms with van der Waals surface area (Å²) < 4.78 is 12.7. The molecule has 0 bridgehead atoms. The summed E-state index contributed by atoms with van der Waals surface area (Å²) in [5, 5.41) is 9.86. The summed E-state index contributed by atoms with van der Waals surface area (Å²) in [7, 11) is 0. The minimum Gasteiger partial charge on any atom is -0.384 e. The van der Waals surface area contributed by atoms with E-state index < -0.39 is 6.10 Å². The van der Waals surface area contributed by atoms with Gasteiger partial charge < -0.3 is 5.11 Å². The monoisotopic (exact) mass is 228 g/mol. The fourth-order valence-electron chi connectivity index (χ4n) is 1.54. The number of rotatable bonds is 3. The van der Waals surface area contributed by atoms with Crippen LogP contribution < -0.4 is 0 Å². The Morgan fingerprint density at radius 3 is 2.24 bits per heavy atom. The molecule has 17 heavy (non-hydrogen) atoms. The Balaban J connectivity index is 2.09. The average Bonchev–Trinajstić information content (AvgIpc) is 2.38. The molecule has 2 aromatic rings. The summed E-state index contributed by atoms with van der Waals surface area (Å²) in [4.78, 5) is 0. The van der Waals surface area contributed by atoms with Crippen molar-refractivity contribution in [2.24, 2.45) is 0 Å². The van der Waals surface area contributed by atoms with Crippen LogP contribution in [0.15, 0.2) is 60.7 Å². The lowest BCUT2D eigenvalue weighted by Gasteiger charge is -2.05. The van der Waals surface area contributed by atoms with Crippen molar-refractivity contribution in [1.82, 2.24) is 0 Å². The van der Waals surface area contributed by atoms with Gasteiger partial charge >= 0.3 is 0 Å². The maximum absolute atomic E-state index is 12.7. The summed E-state index contributed by atoms with van der Waals surface area (Å²) in [6.07, 6.45) is 2.81. The normalized spacial score (nSPS) is 12.8. The van der Waals surface area contributed by atoms with Gasteiger partial charge in [0, 0.05) is 0 Å². The maximum atomic E-state index is 12.7. The molecule has 0 unspecified atom stereocenters. The Bertz CT molecular complexity index is 488. The van der Waals surface area contributed by atoms with Crippen molar-refractivity contribution in [2.45, 2.75) is 6.10 Å². The second-order valence-corrected chi connectivity index (χ2v) is 3.77. The van der Waals surface area contributed by atoms with Gasteiger partial charge in [0.25, 0.3) is 0 Å². The third-order valence-electron chi connectivity index (χ3n) is 2.48. The first kappa shape index (κ1) is 11.6. The molecule has 0 aliphatic heterocycles. The summed E-state index contributed by atoms with van der Waals surface area (Å²) in [6.45, 7) is 0. The summed E-state index contributed by atoms with van der Waals surface area (Å²) in [5.74, 6) is -0.298. The molecule has 0 spiro atoms. The quantitative estimate of drug-likeness (QED) is 0.851. The lowest BCUT2D eigenvalue weighted by atomic mass is 10.1. The number of aliphatic hydroxyl groups excluding tert-OH is 1. The van der Waals surface area contributed by atoms with Crippen LogP contribution >= 0.6 is 0 Å². The zero-order valence-electron chi connectivity index (χ0n) is 9.25. The number of halogens is 1. The summed E-state index contributed by atoms with van der Waals surface area (Å²) in [6, 6.07) is 15.6. The van der Waals surface area contributed by atoms with E-state index in [9.17, 15) is 9.50 Å². The van der Waals surface area contributed by atoms with E-state index in [1.807, 2.05) is 36.4 Å². The van der Waals surface area contributed by atoms with Crippen molar-refractivity contribution >= 4 is 6.08 Å². The van der Waals surface area contributed by atoms with Crippen molar-refractivity contribution in [3.8, 4) is 0 Å². The van der Waals surface area contributed by atoms with Crippen LogP contribution in [0.2, 0.25) is 0 Å². The number of aliphatic hydroxyl groups is 1. The molecule has 2 aromatic carbocycles. The van der Waals surface area contributed by atoms with Gasteiger partial charge in [-0.05, 0) is 23.3 Å². The molecule has 1 atom stereocenters. The zero-order valence-corrected chi connectivity index (χ0v) is 9.25. The van der Waals surface area contributed by atoms with E-state index >= 15 is 0 Å². The van der Waals surface area contributed by atoms with Crippen LogP contribution in [0.5, 0.6) is 0 Å². The Hall–Kier alpha value is -1.93. The molecular formula is C15H13FO. The Morgan fingerprint density at radius 1 is 0.941 bits per heavy atom. The highest BCUT2D eigenvalue weighted by Gasteiger charge is 2.02. The van der Waals surface area contributed by atoms with Crippen molar-refractivity contribution in [1.29, 1.82) is 0 Å². The zero-order chi connectivity index (χ0) is 12.1. The van der Waals surface area contributed by atoms with Gasteiger partial charge in [0.05, 0.1) is 6.10 Å². The smallest absolute Gasteiger partial charge is 0.123 e. The van der Waals surface area contributed by atoms with E-state index in [4.69, 9.17) is 0 Å². The third kappa shape index (κ3) is 3.26. The van der Waals surface area contributed by atoms with Gasteiger partial charge in [0.1, 0.15) is 5.82 Å². The van der Waals surface area contributed by atoms with E-state index in [1.54, 1.807) is 18.2 Å². The van der Waals surface area contributed by atoms with E-state index in [-0.39, 0.29) is 5.82 Å².